The SMILES string of the molecule is CCNC(=NCC(C)(O)c1cccs1)NCCCN(C)c1ccccc1.I. The molecule has 0 fully saturated rings. The molecule has 1 heterocycles. The van der Waals surface area contributed by atoms with Gasteiger partial charge in [0.15, 0.2) is 5.96 Å². The molecule has 27 heavy (non-hydrogen) atoms. The molecule has 1 aromatic carbocycles. The fraction of sp³-hybridized carbons (Fsp3) is 0.450. The van der Waals surface area contributed by atoms with Crippen LogP contribution in [-0.2, 0) is 5.60 Å². The number of hydrogen-bond donors (Lipinski definition) is 3. The Kier molecular flexibility index (Phi) is 10.7. The van der Waals surface area contributed by atoms with E-state index in [1.807, 2.05) is 30.5 Å². The number of nitrogens with one attached hydrogen (secondary N) is 2. The predicted molar refractivity (Wildman–Crippen MR) is 128 cm³/mol. The van der Waals surface area contributed by atoms with Crippen molar-refractivity contribution in [2.24, 2.45) is 4.99 Å². The molecule has 0 aliphatic heterocycles. The molecule has 0 radical (unpaired) electrons. The Morgan fingerprint density at radius 2 is 1.93 bits per heavy atom. The van der Waals surface area contributed by atoms with Gasteiger partial charge in [0.25, 0.3) is 0 Å². The highest BCUT2D eigenvalue weighted by atomic mass is 127. The third kappa shape index (κ3) is 8.06. The fourth-order valence-corrected chi connectivity index (χ4v) is 3.35. The van der Waals surface area contributed by atoms with E-state index in [0.29, 0.717) is 6.54 Å². The Labute approximate surface area is 183 Å². The van der Waals surface area contributed by atoms with Crippen molar-refractivity contribution < 1.29 is 5.11 Å². The first-order chi connectivity index (χ1) is 12.5. The molecule has 1 unspecified atom stereocenters. The quantitative estimate of drug-likeness (QED) is 0.212. The second kappa shape index (κ2) is 12.2. The summed E-state index contributed by atoms with van der Waals surface area (Å²) in [6, 6.07) is 14.3. The number of halogens is 1. The van der Waals surface area contributed by atoms with E-state index in [4.69, 9.17) is 0 Å². The van der Waals surface area contributed by atoms with Crippen molar-refractivity contribution in [1.82, 2.24) is 10.6 Å². The summed E-state index contributed by atoms with van der Waals surface area (Å²) in [4.78, 5) is 7.73. The zero-order valence-electron chi connectivity index (χ0n) is 16.3. The zero-order chi connectivity index (χ0) is 18.8. The van der Waals surface area contributed by atoms with Crippen molar-refractivity contribution in [1.29, 1.82) is 0 Å². The minimum absolute atomic E-state index is 0. The lowest BCUT2D eigenvalue weighted by molar-refractivity contribution is 0.0711. The van der Waals surface area contributed by atoms with Gasteiger partial charge in [0.2, 0.25) is 0 Å². The molecule has 2 rings (SSSR count). The summed E-state index contributed by atoms with van der Waals surface area (Å²) in [6.07, 6.45) is 0.997. The van der Waals surface area contributed by atoms with Gasteiger partial charge in [-0.25, -0.2) is 4.99 Å². The van der Waals surface area contributed by atoms with Gasteiger partial charge in [-0.3, -0.25) is 0 Å². The van der Waals surface area contributed by atoms with Crippen LogP contribution in [0.5, 0.6) is 0 Å². The van der Waals surface area contributed by atoms with Crippen LogP contribution in [0.15, 0.2) is 52.8 Å². The van der Waals surface area contributed by atoms with Crippen molar-refractivity contribution in [2.75, 3.05) is 38.1 Å². The second-order valence-electron chi connectivity index (χ2n) is 6.48. The molecular weight excluding hydrogens is 471 g/mol. The molecule has 0 aliphatic rings. The maximum Gasteiger partial charge on any atom is 0.191 e. The van der Waals surface area contributed by atoms with Crippen molar-refractivity contribution in [3.63, 3.8) is 0 Å². The van der Waals surface area contributed by atoms with Gasteiger partial charge in [0, 0.05) is 37.2 Å². The predicted octanol–water partition coefficient (Wildman–Crippen LogP) is 3.66. The summed E-state index contributed by atoms with van der Waals surface area (Å²) in [5.74, 6) is 0.742. The number of guanidine groups is 1. The average molecular weight is 502 g/mol. The molecule has 0 aliphatic carbocycles. The number of hydrogen-bond acceptors (Lipinski definition) is 4. The fourth-order valence-electron chi connectivity index (χ4n) is 2.57. The average Bonchev–Trinajstić information content (AvgIpc) is 3.19. The normalized spacial score (nSPS) is 13.4. The topological polar surface area (TPSA) is 59.9 Å². The van der Waals surface area contributed by atoms with Crippen LogP contribution in [-0.4, -0.2) is 44.3 Å². The van der Waals surface area contributed by atoms with E-state index in [0.717, 1.165) is 36.9 Å². The zero-order valence-corrected chi connectivity index (χ0v) is 19.5. The van der Waals surface area contributed by atoms with Gasteiger partial charge >= 0.3 is 0 Å². The molecule has 1 aromatic heterocycles. The van der Waals surface area contributed by atoms with Crippen LogP contribution in [0.1, 0.15) is 25.1 Å². The number of para-hydroxylation sites is 1. The lowest BCUT2D eigenvalue weighted by Gasteiger charge is -2.21. The molecule has 0 saturated heterocycles. The van der Waals surface area contributed by atoms with E-state index >= 15 is 0 Å². The Morgan fingerprint density at radius 1 is 1.19 bits per heavy atom. The molecule has 3 N–H and O–H groups in total. The third-order valence-electron chi connectivity index (χ3n) is 4.10. The Bertz CT molecular complexity index is 662. The van der Waals surface area contributed by atoms with Gasteiger partial charge < -0.3 is 20.6 Å². The number of rotatable bonds is 9. The number of anilines is 1. The molecule has 1 atom stereocenters. The minimum Gasteiger partial charge on any atom is -0.383 e. The van der Waals surface area contributed by atoms with Gasteiger partial charge in [-0.1, -0.05) is 24.3 Å². The summed E-state index contributed by atoms with van der Waals surface area (Å²) in [7, 11) is 2.10. The van der Waals surface area contributed by atoms with Gasteiger partial charge in [-0.05, 0) is 43.8 Å². The van der Waals surface area contributed by atoms with Crippen molar-refractivity contribution in [3.8, 4) is 0 Å². The maximum atomic E-state index is 10.6. The van der Waals surface area contributed by atoms with E-state index in [-0.39, 0.29) is 24.0 Å². The molecule has 150 valence electrons. The second-order valence-corrected chi connectivity index (χ2v) is 7.43. The Balaban J connectivity index is 0.00000364. The lowest BCUT2D eigenvalue weighted by Crippen LogP contribution is -2.39. The highest BCUT2D eigenvalue weighted by Crippen LogP contribution is 2.25. The molecule has 0 amide bonds. The van der Waals surface area contributed by atoms with Crippen molar-refractivity contribution in [2.45, 2.75) is 25.9 Å². The molecule has 2 aromatic rings. The lowest BCUT2D eigenvalue weighted by atomic mass is 10.1. The largest absolute Gasteiger partial charge is 0.383 e. The summed E-state index contributed by atoms with van der Waals surface area (Å²) < 4.78 is 0. The van der Waals surface area contributed by atoms with Crippen molar-refractivity contribution in [3.05, 3.63) is 52.7 Å². The first-order valence-electron chi connectivity index (χ1n) is 9.07. The van der Waals surface area contributed by atoms with Gasteiger partial charge in [-0.2, -0.15) is 0 Å². The molecule has 0 bridgehead atoms. The van der Waals surface area contributed by atoms with Crippen LogP contribution in [0, 0.1) is 0 Å². The van der Waals surface area contributed by atoms with E-state index in [1.54, 1.807) is 18.3 Å². The van der Waals surface area contributed by atoms with Crippen LogP contribution in [0.4, 0.5) is 5.69 Å². The molecular formula is C20H31IN4OS. The summed E-state index contributed by atoms with van der Waals surface area (Å²) in [6.45, 7) is 6.75. The Morgan fingerprint density at radius 3 is 2.56 bits per heavy atom. The smallest absolute Gasteiger partial charge is 0.191 e. The highest BCUT2D eigenvalue weighted by molar-refractivity contribution is 14.0. The summed E-state index contributed by atoms with van der Waals surface area (Å²) >= 11 is 1.55. The van der Waals surface area contributed by atoms with E-state index in [1.165, 1.54) is 5.69 Å². The Hall–Kier alpha value is -1.32. The third-order valence-corrected chi connectivity index (χ3v) is 5.22. The summed E-state index contributed by atoms with van der Waals surface area (Å²) in [5, 5.41) is 19.2. The molecule has 5 nitrogen and oxygen atoms in total. The van der Waals surface area contributed by atoms with Gasteiger partial charge in [-0.15, -0.1) is 35.3 Å². The first-order valence-corrected chi connectivity index (χ1v) is 9.95. The number of aliphatic hydroxyl groups is 1. The van der Waals surface area contributed by atoms with E-state index < -0.39 is 5.60 Å². The van der Waals surface area contributed by atoms with Gasteiger partial charge in [0.05, 0.1) is 6.54 Å². The number of benzene rings is 1. The highest BCUT2D eigenvalue weighted by Gasteiger charge is 2.23. The number of nitrogens with zero attached hydrogens (tertiary/aromatic N) is 2. The number of aliphatic imine (C=N–C) groups is 1. The first kappa shape index (κ1) is 23.7. The monoisotopic (exact) mass is 502 g/mol. The van der Waals surface area contributed by atoms with Crippen molar-refractivity contribution >= 4 is 47.0 Å². The van der Waals surface area contributed by atoms with Crippen LogP contribution in [0.2, 0.25) is 0 Å². The van der Waals surface area contributed by atoms with Gasteiger partial charge in [0.1, 0.15) is 5.60 Å². The van der Waals surface area contributed by atoms with E-state index in [9.17, 15) is 5.11 Å². The van der Waals surface area contributed by atoms with E-state index in [2.05, 4.69) is 51.8 Å². The van der Waals surface area contributed by atoms with Crippen LogP contribution < -0.4 is 15.5 Å². The van der Waals surface area contributed by atoms with Crippen LogP contribution in [0.3, 0.4) is 0 Å². The van der Waals surface area contributed by atoms with Crippen LogP contribution in [0.25, 0.3) is 0 Å². The van der Waals surface area contributed by atoms with Crippen LogP contribution >= 0.6 is 35.3 Å². The minimum atomic E-state index is -0.940. The summed E-state index contributed by atoms with van der Waals surface area (Å²) in [5.41, 5.74) is 0.282. The standard InChI is InChI=1S/C20H30N4OS.HI/c1-4-21-19(23-16-20(2,25)18-12-8-15-26-18)22-13-9-14-24(3)17-10-6-5-7-11-17;/h5-8,10-12,15,25H,4,9,13-14,16H2,1-3H3,(H2,21,22,23);1H. The molecule has 7 heteroatoms. The number of thiophene rings is 1. The maximum absolute atomic E-state index is 10.6. The molecule has 0 spiro atoms. The molecule has 0 saturated carbocycles.